The molecule has 1 nitrogen and oxygen atoms in total. The molecule has 0 aromatic heterocycles. The zero-order valence-corrected chi connectivity index (χ0v) is 9.98. The monoisotopic (exact) mass is 241 g/mol. The van der Waals surface area contributed by atoms with Crippen LogP contribution in [0.5, 0.6) is 0 Å². The molecule has 1 rings (SSSR count). The van der Waals surface area contributed by atoms with Gasteiger partial charge in [0.05, 0.1) is 0 Å². The van der Waals surface area contributed by atoms with Gasteiger partial charge in [0.25, 0.3) is 0 Å². The predicted octanol–water partition coefficient (Wildman–Crippen LogP) is 2.91. The summed E-state index contributed by atoms with van der Waals surface area (Å²) >= 11 is 3.58. The summed E-state index contributed by atoms with van der Waals surface area (Å²) < 4.78 is 1.22. The summed E-state index contributed by atoms with van der Waals surface area (Å²) in [4.78, 5) is 0. The fourth-order valence-corrected chi connectivity index (χ4v) is 1.90. The molecule has 0 saturated carbocycles. The summed E-state index contributed by atoms with van der Waals surface area (Å²) in [5.74, 6) is 0. The molecule has 1 aromatic carbocycles. The molecule has 0 bridgehead atoms. The van der Waals surface area contributed by atoms with Crippen LogP contribution in [0.2, 0.25) is 0 Å². The van der Waals surface area contributed by atoms with Crippen LogP contribution in [0.1, 0.15) is 18.1 Å². The third kappa shape index (κ3) is 3.12. The van der Waals surface area contributed by atoms with E-state index in [1.165, 1.54) is 15.6 Å². The first-order valence-corrected chi connectivity index (χ1v) is 5.35. The SMILES string of the molecule is CNC(C)Cc1ccc(C)cc1Br. The summed E-state index contributed by atoms with van der Waals surface area (Å²) in [5.41, 5.74) is 2.67. The molecule has 0 saturated heterocycles. The van der Waals surface area contributed by atoms with E-state index >= 15 is 0 Å². The normalized spacial score (nSPS) is 12.9. The lowest BCUT2D eigenvalue weighted by atomic mass is 10.1. The van der Waals surface area contributed by atoms with Crippen LogP contribution in [0.25, 0.3) is 0 Å². The number of rotatable bonds is 3. The smallest absolute Gasteiger partial charge is 0.0210 e. The Morgan fingerprint density at radius 2 is 2.15 bits per heavy atom. The number of aryl methyl sites for hydroxylation is 1. The standard InChI is InChI=1S/C11H16BrN/c1-8-4-5-10(11(12)6-8)7-9(2)13-3/h4-6,9,13H,7H2,1-3H3. The van der Waals surface area contributed by atoms with Crippen molar-refractivity contribution in [2.45, 2.75) is 26.3 Å². The number of hydrogen-bond donors (Lipinski definition) is 1. The van der Waals surface area contributed by atoms with Crippen molar-refractivity contribution in [3.63, 3.8) is 0 Å². The van der Waals surface area contributed by atoms with Gasteiger partial charge >= 0.3 is 0 Å². The van der Waals surface area contributed by atoms with Crippen LogP contribution in [0.4, 0.5) is 0 Å². The van der Waals surface area contributed by atoms with Crippen LogP contribution in [0.3, 0.4) is 0 Å². The molecule has 0 aliphatic heterocycles. The fraction of sp³-hybridized carbons (Fsp3) is 0.455. The highest BCUT2D eigenvalue weighted by Gasteiger charge is 2.04. The number of benzene rings is 1. The second-order valence-corrected chi connectivity index (χ2v) is 4.34. The van der Waals surface area contributed by atoms with Gasteiger partial charge in [0.15, 0.2) is 0 Å². The Balaban J connectivity index is 2.77. The second kappa shape index (κ2) is 4.77. The van der Waals surface area contributed by atoms with Crippen molar-refractivity contribution in [3.8, 4) is 0 Å². The van der Waals surface area contributed by atoms with Gasteiger partial charge < -0.3 is 5.32 Å². The van der Waals surface area contributed by atoms with Crippen molar-refractivity contribution in [2.24, 2.45) is 0 Å². The highest BCUT2D eigenvalue weighted by Crippen LogP contribution is 2.19. The summed E-state index contributed by atoms with van der Waals surface area (Å²) in [6.45, 7) is 4.29. The molecular weight excluding hydrogens is 226 g/mol. The average Bonchev–Trinajstić information content (AvgIpc) is 2.09. The van der Waals surface area contributed by atoms with Gasteiger partial charge in [-0.2, -0.15) is 0 Å². The molecule has 0 heterocycles. The van der Waals surface area contributed by atoms with E-state index < -0.39 is 0 Å². The van der Waals surface area contributed by atoms with Crippen LogP contribution < -0.4 is 5.32 Å². The van der Waals surface area contributed by atoms with E-state index in [-0.39, 0.29) is 0 Å². The fourth-order valence-electron chi connectivity index (χ4n) is 1.25. The predicted molar refractivity (Wildman–Crippen MR) is 61.1 cm³/mol. The van der Waals surface area contributed by atoms with Gasteiger partial charge in [0.2, 0.25) is 0 Å². The van der Waals surface area contributed by atoms with Crippen LogP contribution in [-0.4, -0.2) is 13.1 Å². The van der Waals surface area contributed by atoms with Gasteiger partial charge in [-0.1, -0.05) is 28.1 Å². The van der Waals surface area contributed by atoms with Gasteiger partial charge in [-0.15, -0.1) is 0 Å². The molecule has 0 spiro atoms. The lowest BCUT2D eigenvalue weighted by molar-refractivity contribution is 0.607. The van der Waals surface area contributed by atoms with Crippen LogP contribution >= 0.6 is 15.9 Å². The maximum atomic E-state index is 3.58. The van der Waals surface area contributed by atoms with E-state index in [2.05, 4.69) is 53.3 Å². The van der Waals surface area contributed by atoms with E-state index in [1.54, 1.807) is 0 Å². The molecule has 1 N–H and O–H groups in total. The lowest BCUT2D eigenvalue weighted by Crippen LogP contribution is -2.23. The Bertz CT molecular complexity index is 283. The quantitative estimate of drug-likeness (QED) is 0.859. The van der Waals surface area contributed by atoms with Gasteiger partial charge in [-0.25, -0.2) is 0 Å². The summed E-state index contributed by atoms with van der Waals surface area (Å²) in [7, 11) is 1.99. The second-order valence-electron chi connectivity index (χ2n) is 3.49. The maximum absolute atomic E-state index is 3.58. The third-order valence-electron chi connectivity index (χ3n) is 2.23. The molecule has 1 atom stereocenters. The van der Waals surface area contributed by atoms with E-state index in [9.17, 15) is 0 Å². The van der Waals surface area contributed by atoms with Crippen LogP contribution in [-0.2, 0) is 6.42 Å². The van der Waals surface area contributed by atoms with Crippen molar-refractivity contribution in [1.29, 1.82) is 0 Å². The molecule has 13 heavy (non-hydrogen) atoms. The van der Waals surface area contributed by atoms with Gasteiger partial charge in [0, 0.05) is 10.5 Å². The van der Waals surface area contributed by atoms with Crippen molar-refractivity contribution < 1.29 is 0 Å². The van der Waals surface area contributed by atoms with Gasteiger partial charge in [-0.05, 0) is 44.5 Å². The Hall–Kier alpha value is -0.340. The van der Waals surface area contributed by atoms with Crippen molar-refractivity contribution in [2.75, 3.05) is 7.05 Å². The number of likely N-dealkylation sites (N-methyl/N-ethyl adjacent to an activating group) is 1. The first-order valence-electron chi connectivity index (χ1n) is 4.55. The first kappa shape index (κ1) is 10.7. The van der Waals surface area contributed by atoms with E-state index in [0.717, 1.165) is 6.42 Å². The minimum Gasteiger partial charge on any atom is -0.317 e. The molecule has 0 radical (unpaired) electrons. The summed E-state index contributed by atoms with van der Waals surface area (Å²) in [6.07, 6.45) is 1.07. The minimum atomic E-state index is 0.527. The first-order chi connectivity index (χ1) is 6.13. The molecule has 0 amide bonds. The van der Waals surface area contributed by atoms with Crippen molar-refractivity contribution in [3.05, 3.63) is 33.8 Å². The molecule has 0 aliphatic rings. The molecular formula is C11H16BrN. The van der Waals surface area contributed by atoms with Gasteiger partial charge in [-0.3, -0.25) is 0 Å². The summed E-state index contributed by atoms with van der Waals surface area (Å²) in [5, 5.41) is 3.23. The number of halogens is 1. The molecule has 0 fully saturated rings. The largest absolute Gasteiger partial charge is 0.317 e. The lowest BCUT2D eigenvalue weighted by Gasteiger charge is -2.11. The number of nitrogens with one attached hydrogen (secondary N) is 1. The molecule has 0 aliphatic carbocycles. The van der Waals surface area contributed by atoms with Crippen LogP contribution in [0, 0.1) is 6.92 Å². The number of hydrogen-bond acceptors (Lipinski definition) is 1. The highest BCUT2D eigenvalue weighted by molar-refractivity contribution is 9.10. The van der Waals surface area contributed by atoms with Gasteiger partial charge in [0.1, 0.15) is 0 Å². The van der Waals surface area contributed by atoms with E-state index in [1.807, 2.05) is 7.05 Å². The van der Waals surface area contributed by atoms with E-state index in [0.29, 0.717) is 6.04 Å². The van der Waals surface area contributed by atoms with Crippen LogP contribution in [0.15, 0.2) is 22.7 Å². The van der Waals surface area contributed by atoms with E-state index in [4.69, 9.17) is 0 Å². The Kier molecular flexibility index (Phi) is 3.94. The average molecular weight is 242 g/mol. The zero-order valence-electron chi connectivity index (χ0n) is 8.39. The molecule has 1 aromatic rings. The van der Waals surface area contributed by atoms with Crippen molar-refractivity contribution in [1.82, 2.24) is 5.32 Å². The molecule has 1 unspecified atom stereocenters. The third-order valence-corrected chi connectivity index (χ3v) is 2.97. The topological polar surface area (TPSA) is 12.0 Å². The molecule has 2 heteroatoms. The Morgan fingerprint density at radius 3 is 2.69 bits per heavy atom. The Morgan fingerprint density at radius 1 is 1.46 bits per heavy atom. The highest BCUT2D eigenvalue weighted by atomic mass is 79.9. The summed E-state index contributed by atoms with van der Waals surface area (Å²) in [6, 6.07) is 7.03. The molecule has 72 valence electrons. The zero-order chi connectivity index (χ0) is 9.84. The Labute approximate surface area is 88.7 Å². The van der Waals surface area contributed by atoms with Crippen molar-refractivity contribution >= 4 is 15.9 Å². The minimum absolute atomic E-state index is 0.527. The maximum Gasteiger partial charge on any atom is 0.0210 e.